The van der Waals surface area contributed by atoms with Crippen LogP contribution in [0.5, 0.6) is 5.75 Å². The van der Waals surface area contributed by atoms with Gasteiger partial charge in [0.1, 0.15) is 11.8 Å². The predicted octanol–water partition coefficient (Wildman–Crippen LogP) is 2.28. The van der Waals surface area contributed by atoms with E-state index >= 15 is 0 Å². The standard InChI is InChI=1S/C17H22N2O4/c1-12(2)11-19(9-8-16(20)21)17(22)13(3)23-15-7-5-4-6-14(15)10-18/h4-7,12-13H,8-9,11H2,1-3H3,(H,20,21). The molecule has 0 radical (unpaired) electrons. The van der Waals surface area contributed by atoms with Crippen LogP contribution >= 0.6 is 0 Å². The topological polar surface area (TPSA) is 90.6 Å². The van der Waals surface area contributed by atoms with Crippen LogP contribution in [0.2, 0.25) is 0 Å². The summed E-state index contributed by atoms with van der Waals surface area (Å²) in [6.07, 6.45) is -0.906. The van der Waals surface area contributed by atoms with Gasteiger partial charge >= 0.3 is 5.97 Å². The Labute approximate surface area is 136 Å². The number of nitriles is 1. The summed E-state index contributed by atoms with van der Waals surface area (Å²) in [6.45, 7) is 6.11. The number of benzene rings is 1. The summed E-state index contributed by atoms with van der Waals surface area (Å²) in [5.41, 5.74) is 0.355. The molecular formula is C17H22N2O4. The lowest BCUT2D eigenvalue weighted by Crippen LogP contribution is -2.43. The van der Waals surface area contributed by atoms with Gasteiger partial charge in [-0.05, 0) is 25.0 Å². The van der Waals surface area contributed by atoms with Gasteiger partial charge < -0.3 is 14.7 Å². The van der Waals surface area contributed by atoms with Gasteiger partial charge in [-0.15, -0.1) is 0 Å². The average molecular weight is 318 g/mol. The number of aliphatic carboxylic acids is 1. The highest BCUT2D eigenvalue weighted by molar-refractivity contribution is 5.81. The van der Waals surface area contributed by atoms with Gasteiger partial charge in [-0.3, -0.25) is 9.59 Å². The summed E-state index contributed by atoms with van der Waals surface area (Å²) in [5.74, 6) is -0.674. The first kappa shape index (κ1) is 18.5. The molecule has 0 aliphatic carbocycles. The number of amides is 1. The van der Waals surface area contributed by atoms with Gasteiger partial charge in [0.25, 0.3) is 5.91 Å². The number of hydrogen-bond donors (Lipinski definition) is 1. The molecule has 0 fully saturated rings. The largest absolute Gasteiger partial charge is 0.481 e. The van der Waals surface area contributed by atoms with Crippen LogP contribution in [0, 0.1) is 17.2 Å². The molecule has 1 rings (SSSR count). The molecule has 1 unspecified atom stereocenters. The second-order valence-electron chi connectivity index (χ2n) is 5.69. The molecule has 0 saturated carbocycles. The molecule has 1 aromatic rings. The van der Waals surface area contributed by atoms with E-state index < -0.39 is 12.1 Å². The molecule has 1 aromatic carbocycles. The Morgan fingerprint density at radius 2 is 1.96 bits per heavy atom. The van der Waals surface area contributed by atoms with E-state index in [0.717, 1.165) is 0 Å². The van der Waals surface area contributed by atoms with Crippen molar-refractivity contribution in [3.8, 4) is 11.8 Å². The number of carboxylic acid groups (broad SMARTS) is 1. The number of carboxylic acids is 1. The average Bonchev–Trinajstić information content (AvgIpc) is 2.50. The van der Waals surface area contributed by atoms with Crippen LogP contribution in [-0.2, 0) is 9.59 Å². The molecule has 23 heavy (non-hydrogen) atoms. The Morgan fingerprint density at radius 1 is 1.30 bits per heavy atom. The van der Waals surface area contributed by atoms with Crippen molar-refractivity contribution in [2.45, 2.75) is 33.3 Å². The lowest BCUT2D eigenvalue weighted by molar-refractivity contribution is -0.141. The van der Waals surface area contributed by atoms with E-state index in [1.807, 2.05) is 19.9 Å². The first-order valence-electron chi connectivity index (χ1n) is 7.51. The van der Waals surface area contributed by atoms with Crippen molar-refractivity contribution >= 4 is 11.9 Å². The minimum Gasteiger partial charge on any atom is -0.481 e. The van der Waals surface area contributed by atoms with Gasteiger partial charge in [0.05, 0.1) is 12.0 Å². The van der Waals surface area contributed by atoms with E-state index in [1.54, 1.807) is 31.2 Å². The molecule has 0 saturated heterocycles. The van der Waals surface area contributed by atoms with Crippen molar-refractivity contribution in [3.63, 3.8) is 0 Å². The third-order valence-electron chi connectivity index (χ3n) is 3.15. The van der Waals surface area contributed by atoms with E-state index in [-0.39, 0.29) is 24.8 Å². The van der Waals surface area contributed by atoms with Crippen molar-refractivity contribution in [1.82, 2.24) is 4.90 Å². The Morgan fingerprint density at radius 3 is 2.52 bits per heavy atom. The first-order valence-corrected chi connectivity index (χ1v) is 7.51. The SMILES string of the molecule is CC(C)CN(CCC(=O)O)C(=O)C(C)Oc1ccccc1C#N. The Balaban J connectivity index is 2.81. The van der Waals surface area contributed by atoms with Crippen LogP contribution in [0.4, 0.5) is 0 Å². The summed E-state index contributed by atoms with van der Waals surface area (Å²) >= 11 is 0. The number of para-hydroxylation sites is 1. The molecule has 1 amide bonds. The molecule has 0 aliphatic rings. The maximum atomic E-state index is 12.5. The highest BCUT2D eigenvalue weighted by Crippen LogP contribution is 2.19. The van der Waals surface area contributed by atoms with Crippen molar-refractivity contribution in [2.75, 3.05) is 13.1 Å². The minimum absolute atomic E-state index is 0.111. The molecule has 0 aromatic heterocycles. The second kappa shape index (κ2) is 8.79. The minimum atomic E-state index is -0.949. The van der Waals surface area contributed by atoms with Crippen LogP contribution in [0.25, 0.3) is 0 Å². The van der Waals surface area contributed by atoms with Gasteiger partial charge in [0.2, 0.25) is 0 Å². The smallest absolute Gasteiger partial charge is 0.305 e. The molecule has 6 heteroatoms. The van der Waals surface area contributed by atoms with Crippen LogP contribution < -0.4 is 4.74 Å². The fourth-order valence-corrected chi connectivity index (χ4v) is 2.12. The maximum Gasteiger partial charge on any atom is 0.305 e. The summed E-state index contributed by atoms with van der Waals surface area (Å²) in [6, 6.07) is 8.70. The van der Waals surface area contributed by atoms with E-state index in [0.29, 0.717) is 17.9 Å². The van der Waals surface area contributed by atoms with Gasteiger partial charge in [0, 0.05) is 13.1 Å². The zero-order valence-corrected chi connectivity index (χ0v) is 13.7. The number of carbonyl (C=O) groups excluding carboxylic acids is 1. The number of carbonyl (C=O) groups is 2. The Bertz CT molecular complexity index is 593. The van der Waals surface area contributed by atoms with E-state index in [4.69, 9.17) is 15.1 Å². The lowest BCUT2D eigenvalue weighted by atomic mass is 10.2. The lowest BCUT2D eigenvalue weighted by Gasteiger charge is -2.27. The van der Waals surface area contributed by atoms with Gasteiger partial charge in [-0.25, -0.2) is 0 Å². The third kappa shape index (κ3) is 5.99. The summed E-state index contributed by atoms with van der Waals surface area (Å²) < 4.78 is 5.61. The molecule has 1 N–H and O–H groups in total. The zero-order chi connectivity index (χ0) is 17.4. The van der Waals surface area contributed by atoms with E-state index in [1.165, 1.54) is 4.90 Å². The Kier molecular flexibility index (Phi) is 7.07. The fraction of sp³-hybridized carbons (Fsp3) is 0.471. The summed E-state index contributed by atoms with van der Waals surface area (Å²) in [7, 11) is 0. The molecular weight excluding hydrogens is 296 g/mol. The number of hydrogen-bond acceptors (Lipinski definition) is 4. The number of ether oxygens (including phenoxy) is 1. The van der Waals surface area contributed by atoms with Crippen molar-refractivity contribution in [1.29, 1.82) is 5.26 Å². The van der Waals surface area contributed by atoms with Crippen molar-refractivity contribution in [2.24, 2.45) is 5.92 Å². The van der Waals surface area contributed by atoms with Crippen LogP contribution in [0.15, 0.2) is 24.3 Å². The van der Waals surface area contributed by atoms with Crippen LogP contribution in [-0.4, -0.2) is 41.1 Å². The van der Waals surface area contributed by atoms with Gasteiger partial charge in [0.15, 0.2) is 6.10 Å². The van der Waals surface area contributed by atoms with Gasteiger partial charge in [-0.2, -0.15) is 5.26 Å². The molecule has 0 aliphatic heterocycles. The molecule has 124 valence electrons. The Hall–Kier alpha value is -2.55. The number of rotatable bonds is 8. The summed E-state index contributed by atoms with van der Waals surface area (Å²) in [5, 5.41) is 17.9. The fourth-order valence-electron chi connectivity index (χ4n) is 2.12. The van der Waals surface area contributed by atoms with Crippen LogP contribution in [0.3, 0.4) is 0 Å². The highest BCUT2D eigenvalue weighted by Gasteiger charge is 2.24. The number of nitrogens with zero attached hydrogens (tertiary/aromatic N) is 2. The monoisotopic (exact) mass is 318 g/mol. The van der Waals surface area contributed by atoms with E-state index in [2.05, 4.69) is 0 Å². The molecule has 6 nitrogen and oxygen atoms in total. The molecule has 0 heterocycles. The van der Waals surface area contributed by atoms with Crippen molar-refractivity contribution < 1.29 is 19.4 Å². The zero-order valence-electron chi connectivity index (χ0n) is 13.7. The molecule has 0 bridgehead atoms. The van der Waals surface area contributed by atoms with Gasteiger partial charge in [-0.1, -0.05) is 26.0 Å². The maximum absolute atomic E-state index is 12.5. The summed E-state index contributed by atoms with van der Waals surface area (Å²) in [4.78, 5) is 24.8. The molecule has 0 spiro atoms. The first-order chi connectivity index (χ1) is 10.8. The van der Waals surface area contributed by atoms with Crippen molar-refractivity contribution in [3.05, 3.63) is 29.8 Å². The second-order valence-corrected chi connectivity index (χ2v) is 5.69. The van der Waals surface area contributed by atoms with Crippen LogP contribution in [0.1, 0.15) is 32.8 Å². The normalized spacial score (nSPS) is 11.6. The molecule has 1 atom stereocenters. The highest BCUT2D eigenvalue weighted by atomic mass is 16.5. The predicted molar refractivity (Wildman–Crippen MR) is 84.9 cm³/mol. The third-order valence-corrected chi connectivity index (χ3v) is 3.15. The quantitative estimate of drug-likeness (QED) is 0.794. The van der Waals surface area contributed by atoms with E-state index in [9.17, 15) is 9.59 Å².